The fraction of sp³-hybridized carbons (Fsp3) is 0.333. The molecule has 2 aromatic rings. The van der Waals surface area contributed by atoms with E-state index in [1.54, 1.807) is 6.07 Å². The Morgan fingerprint density at radius 1 is 1.32 bits per heavy atom. The molecule has 116 valence electrons. The van der Waals surface area contributed by atoms with Crippen LogP contribution < -0.4 is 4.74 Å². The number of aromatic carboxylic acids is 1. The van der Waals surface area contributed by atoms with Gasteiger partial charge in [-0.15, -0.1) is 0 Å². The highest BCUT2D eigenvalue weighted by atomic mass is 19.1. The van der Waals surface area contributed by atoms with Crippen molar-refractivity contribution in [1.82, 2.24) is 5.16 Å². The molecule has 0 atom stereocenters. The van der Waals surface area contributed by atoms with Crippen molar-refractivity contribution in [1.29, 1.82) is 0 Å². The SMILES string of the molecule is O=C(O)c1cc(-c2ccc(OC3CCOCC3)c(F)c2)no1. The number of carboxylic acid groups (broad SMARTS) is 1. The number of nitrogens with zero attached hydrogens (tertiary/aromatic N) is 1. The zero-order chi connectivity index (χ0) is 15.5. The third-order valence-corrected chi connectivity index (χ3v) is 3.41. The van der Waals surface area contributed by atoms with E-state index < -0.39 is 11.8 Å². The lowest BCUT2D eigenvalue weighted by molar-refractivity contribution is 0.0240. The van der Waals surface area contributed by atoms with Gasteiger partial charge in [0.15, 0.2) is 11.6 Å². The molecule has 7 heteroatoms. The highest BCUT2D eigenvalue weighted by Crippen LogP contribution is 2.27. The lowest BCUT2D eigenvalue weighted by Crippen LogP contribution is -2.26. The first-order valence-corrected chi connectivity index (χ1v) is 6.88. The number of hydrogen-bond acceptors (Lipinski definition) is 5. The lowest BCUT2D eigenvalue weighted by Gasteiger charge is -2.23. The Balaban J connectivity index is 1.77. The molecule has 0 bridgehead atoms. The highest BCUT2D eigenvalue weighted by Gasteiger charge is 2.18. The third kappa shape index (κ3) is 3.09. The maximum atomic E-state index is 14.1. The topological polar surface area (TPSA) is 81.8 Å². The van der Waals surface area contributed by atoms with Gasteiger partial charge >= 0.3 is 5.97 Å². The molecule has 1 aromatic carbocycles. The van der Waals surface area contributed by atoms with Gasteiger partial charge in [-0.2, -0.15) is 0 Å². The predicted octanol–water partition coefficient (Wildman–Crippen LogP) is 2.74. The summed E-state index contributed by atoms with van der Waals surface area (Å²) in [7, 11) is 0. The van der Waals surface area contributed by atoms with E-state index in [1.165, 1.54) is 18.2 Å². The fourth-order valence-electron chi connectivity index (χ4n) is 2.24. The van der Waals surface area contributed by atoms with E-state index >= 15 is 0 Å². The number of aromatic nitrogens is 1. The van der Waals surface area contributed by atoms with Crippen LogP contribution in [0.2, 0.25) is 0 Å². The summed E-state index contributed by atoms with van der Waals surface area (Å²) in [6, 6.07) is 5.62. The highest BCUT2D eigenvalue weighted by molar-refractivity contribution is 5.85. The number of hydrogen-bond donors (Lipinski definition) is 1. The van der Waals surface area contributed by atoms with Crippen LogP contribution in [0.1, 0.15) is 23.4 Å². The standard InChI is InChI=1S/C15H14FNO5/c16-11-7-9(12-8-14(15(18)19)22-17-12)1-2-13(11)21-10-3-5-20-6-4-10/h1-2,7-8,10H,3-6H2,(H,18,19). The molecule has 6 nitrogen and oxygen atoms in total. The quantitative estimate of drug-likeness (QED) is 0.935. The van der Waals surface area contributed by atoms with Crippen molar-refractivity contribution in [3.8, 4) is 17.0 Å². The number of halogens is 1. The van der Waals surface area contributed by atoms with Crippen molar-refractivity contribution in [3.63, 3.8) is 0 Å². The zero-order valence-electron chi connectivity index (χ0n) is 11.6. The van der Waals surface area contributed by atoms with Crippen LogP contribution >= 0.6 is 0 Å². The average Bonchev–Trinajstić information content (AvgIpc) is 3.00. The molecule has 1 aliphatic rings. The van der Waals surface area contributed by atoms with Gasteiger partial charge in [-0.3, -0.25) is 0 Å². The van der Waals surface area contributed by atoms with Crippen LogP contribution in [0.15, 0.2) is 28.8 Å². The Hall–Kier alpha value is -2.41. The number of ether oxygens (including phenoxy) is 2. The number of carbonyl (C=O) groups is 1. The molecule has 22 heavy (non-hydrogen) atoms. The minimum absolute atomic E-state index is 0.0558. The second-order valence-electron chi connectivity index (χ2n) is 4.96. The van der Waals surface area contributed by atoms with Crippen molar-refractivity contribution >= 4 is 5.97 Å². The monoisotopic (exact) mass is 307 g/mol. The summed E-state index contributed by atoms with van der Waals surface area (Å²) < 4.78 is 29.6. The van der Waals surface area contributed by atoms with E-state index in [0.717, 1.165) is 12.8 Å². The Bertz CT molecular complexity index is 678. The Labute approximate surface area is 125 Å². The summed E-state index contributed by atoms with van der Waals surface area (Å²) >= 11 is 0. The summed E-state index contributed by atoms with van der Waals surface area (Å²) in [5.41, 5.74) is 0.682. The van der Waals surface area contributed by atoms with Crippen LogP contribution in [0.5, 0.6) is 5.75 Å². The summed E-state index contributed by atoms with van der Waals surface area (Å²) in [6.07, 6.45) is 1.40. The van der Waals surface area contributed by atoms with Crippen LogP contribution in [0, 0.1) is 5.82 Å². The summed E-state index contributed by atoms with van der Waals surface area (Å²) in [6.45, 7) is 1.22. The van der Waals surface area contributed by atoms with Crippen LogP contribution in [0.4, 0.5) is 4.39 Å². The first-order valence-electron chi connectivity index (χ1n) is 6.88. The predicted molar refractivity (Wildman–Crippen MR) is 73.3 cm³/mol. The van der Waals surface area contributed by atoms with Gasteiger partial charge in [0.2, 0.25) is 5.76 Å². The number of carboxylic acids is 1. The smallest absolute Gasteiger partial charge is 0.374 e. The van der Waals surface area contributed by atoms with Crippen LogP contribution in [0.25, 0.3) is 11.3 Å². The van der Waals surface area contributed by atoms with E-state index in [2.05, 4.69) is 9.68 Å². The fourth-order valence-corrected chi connectivity index (χ4v) is 2.24. The molecule has 0 saturated carbocycles. The Morgan fingerprint density at radius 3 is 2.73 bits per heavy atom. The molecular formula is C15H14FNO5. The lowest BCUT2D eigenvalue weighted by atomic mass is 10.1. The van der Waals surface area contributed by atoms with E-state index in [1.807, 2.05) is 0 Å². The maximum Gasteiger partial charge on any atom is 0.374 e. The van der Waals surface area contributed by atoms with Crippen LogP contribution in [-0.2, 0) is 4.74 Å². The van der Waals surface area contributed by atoms with E-state index in [9.17, 15) is 9.18 Å². The summed E-state index contributed by atoms with van der Waals surface area (Å²) in [4.78, 5) is 10.7. The zero-order valence-corrected chi connectivity index (χ0v) is 11.6. The summed E-state index contributed by atoms with van der Waals surface area (Å²) in [5, 5.41) is 12.4. The maximum absolute atomic E-state index is 14.1. The van der Waals surface area contributed by atoms with Crippen molar-refractivity contribution in [3.05, 3.63) is 35.8 Å². The van der Waals surface area contributed by atoms with Crippen LogP contribution in [0.3, 0.4) is 0 Å². The minimum Gasteiger partial charge on any atom is -0.487 e. The molecule has 1 fully saturated rings. The van der Waals surface area contributed by atoms with E-state index in [-0.39, 0.29) is 23.3 Å². The number of rotatable bonds is 4. The van der Waals surface area contributed by atoms with Gasteiger partial charge < -0.3 is 19.1 Å². The van der Waals surface area contributed by atoms with Crippen molar-refractivity contribution in [2.24, 2.45) is 0 Å². The molecule has 1 aliphatic heterocycles. The van der Waals surface area contributed by atoms with E-state index in [0.29, 0.717) is 18.8 Å². The van der Waals surface area contributed by atoms with Crippen LogP contribution in [-0.4, -0.2) is 35.6 Å². The summed E-state index contributed by atoms with van der Waals surface area (Å²) in [5.74, 6) is -1.88. The average molecular weight is 307 g/mol. The van der Waals surface area contributed by atoms with Gasteiger partial charge in [-0.1, -0.05) is 5.16 Å². The van der Waals surface area contributed by atoms with Crippen molar-refractivity contribution < 1.29 is 28.3 Å². The molecule has 0 radical (unpaired) electrons. The Morgan fingerprint density at radius 2 is 2.09 bits per heavy atom. The van der Waals surface area contributed by atoms with Gasteiger partial charge in [-0.05, 0) is 18.2 Å². The molecule has 1 N–H and O–H groups in total. The largest absolute Gasteiger partial charge is 0.487 e. The molecule has 0 amide bonds. The third-order valence-electron chi connectivity index (χ3n) is 3.41. The van der Waals surface area contributed by atoms with Gasteiger partial charge in [-0.25, -0.2) is 9.18 Å². The Kier molecular flexibility index (Phi) is 4.06. The molecule has 3 rings (SSSR count). The second-order valence-corrected chi connectivity index (χ2v) is 4.96. The first-order chi connectivity index (χ1) is 10.6. The molecule has 0 spiro atoms. The van der Waals surface area contributed by atoms with Crippen molar-refractivity contribution in [2.75, 3.05) is 13.2 Å². The second kappa shape index (κ2) is 6.15. The van der Waals surface area contributed by atoms with E-state index in [4.69, 9.17) is 14.6 Å². The van der Waals surface area contributed by atoms with Crippen molar-refractivity contribution in [2.45, 2.75) is 18.9 Å². The van der Waals surface area contributed by atoms with Gasteiger partial charge in [0.05, 0.1) is 13.2 Å². The van der Waals surface area contributed by atoms with Gasteiger partial charge in [0.25, 0.3) is 0 Å². The van der Waals surface area contributed by atoms with Gasteiger partial charge in [0, 0.05) is 24.5 Å². The van der Waals surface area contributed by atoms with Gasteiger partial charge in [0.1, 0.15) is 11.8 Å². The molecule has 1 aromatic heterocycles. The first kappa shape index (κ1) is 14.5. The number of benzene rings is 1. The molecular weight excluding hydrogens is 293 g/mol. The minimum atomic E-state index is -1.22. The normalized spacial score (nSPS) is 15.7. The molecule has 0 aliphatic carbocycles. The molecule has 2 heterocycles. The molecule has 1 saturated heterocycles. The molecule has 0 unspecified atom stereocenters.